The molecule has 0 aliphatic rings. The van der Waals surface area contributed by atoms with E-state index in [2.05, 4.69) is 26.1 Å². The van der Waals surface area contributed by atoms with E-state index >= 15 is 0 Å². The highest BCUT2D eigenvalue weighted by molar-refractivity contribution is 4.58. The number of hydrogen-bond acceptors (Lipinski definition) is 1. The zero-order valence-electron chi connectivity index (χ0n) is 5.20. The van der Waals surface area contributed by atoms with Gasteiger partial charge in [-0.25, -0.2) is 0 Å². The van der Waals surface area contributed by atoms with Crippen molar-refractivity contribution in [1.29, 1.82) is 0 Å². The lowest BCUT2D eigenvalue weighted by molar-refractivity contribution is 0.573. The Morgan fingerprint density at radius 1 is 1.71 bits per heavy atom. The highest BCUT2D eigenvalue weighted by Crippen LogP contribution is 1.83. The van der Waals surface area contributed by atoms with Gasteiger partial charge < -0.3 is 5.32 Å². The van der Waals surface area contributed by atoms with Gasteiger partial charge in [-0.1, -0.05) is 6.92 Å². The van der Waals surface area contributed by atoms with Gasteiger partial charge in [0, 0.05) is 6.04 Å². The zero-order valence-corrected chi connectivity index (χ0v) is 5.20. The Balaban J connectivity index is 2.83. The fourth-order valence-corrected chi connectivity index (χ4v) is 0.451. The van der Waals surface area contributed by atoms with E-state index in [4.69, 9.17) is 0 Å². The molecule has 0 bridgehead atoms. The second-order valence-corrected chi connectivity index (χ2v) is 1.75. The van der Waals surface area contributed by atoms with Crippen molar-refractivity contribution in [3.8, 4) is 0 Å². The van der Waals surface area contributed by atoms with Crippen molar-refractivity contribution >= 4 is 0 Å². The van der Waals surface area contributed by atoms with Gasteiger partial charge in [-0.2, -0.15) is 0 Å². The largest absolute Gasteiger partial charge is 0.311 e. The van der Waals surface area contributed by atoms with Crippen LogP contribution in [0.2, 0.25) is 0 Å². The summed E-state index contributed by atoms with van der Waals surface area (Å²) >= 11 is 0. The van der Waals surface area contributed by atoms with E-state index in [-0.39, 0.29) is 0 Å². The molecule has 7 heavy (non-hydrogen) atoms. The topological polar surface area (TPSA) is 12.0 Å². The maximum absolute atomic E-state index is 3.74. The molecule has 0 aliphatic heterocycles. The molecule has 1 nitrogen and oxygen atoms in total. The van der Waals surface area contributed by atoms with Crippen molar-refractivity contribution in [3.63, 3.8) is 0 Å². The first kappa shape index (κ1) is 6.83. The molecule has 0 saturated heterocycles. The molecule has 0 aliphatic carbocycles. The van der Waals surface area contributed by atoms with Gasteiger partial charge in [0.1, 0.15) is 6.42 Å². The van der Waals surface area contributed by atoms with Crippen LogP contribution in [0.5, 0.6) is 0 Å². The van der Waals surface area contributed by atoms with Gasteiger partial charge in [0.05, 0.1) is 6.92 Å². The third kappa shape index (κ3) is 3.67. The van der Waals surface area contributed by atoms with Gasteiger partial charge in [-0.3, -0.25) is 0 Å². The van der Waals surface area contributed by atoms with Crippen molar-refractivity contribution in [3.05, 3.63) is 6.92 Å². The van der Waals surface area contributed by atoms with Crippen LogP contribution in [0.3, 0.4) is 0 Å². The molecule has 0 aromatic rings. The average Bonchev–Trinajstić information content (AvgIpc) is 1.68. The van der Waals surface area contributed by atoms with Gasteiger partial charge in [0.2, 0.25) is 0 Å². The lowest BCUT2D eigenvalue weighted by Gasteiger charge is -2.02. The predicted molar refractivity (Wildman–Crippen MR) is 33.1 cm³/mol. The minimum Gasteiger partial charge on any atom is -0.311 e. The molecule has 0 heterocycles. The van der Waals surface area contributed by atoms with E-state index in [0.717, 1.165) is 13.0 Å². The Hall–Kier alpha value is -0.170. The molecule has 1 N–H and O–H groups in total. The minimum absolute atomic E-state index is 0.588. The molecular weight excluding hydrogens is 86.1 g/mol. The van der Waals surface area contributed by atoms with Crippen LogP contribution in [0.25, 0.3) is 0 Å². The third-order valence-corrected chi connectivity index (χ3v) is 0.986. The Morgan fingerprint density at radius 2 is 2.29 bits per heavy atom. The van der Waals surface area contributed by atoms with Crippen LogP contribution in [0.1, 0.15) is 20.3 Å². The van der Waals surface area contributed by atoms with Gasteiger partial charge in [0.15, 0.2) is 0 Å². The SMILES string of the molecule is [CH2+]CC(C)NCC. The van der Waals surface area contributed by atoms with Crippen LogP contribution in [-0.4, -0.2) is 12.6 Å². The Labute approximate surface area is 46.1 Å². The Bertz CT molecular complexity index is 35.2. The monoisotopic (exact) mass is 100 g/mol. The second kappa shape index (κ2) is 4.00. The number of nitrogens with one attached hydrogen (secondary N) is 1. The molecule has 0 amide bonds. The first-order valence-electron chi connectivity index (χ1n) is 2.83. The first-order chi connectivity index (χ1) is 3.31. The fourth-order valence-electron chi connectivity index (χ4n) is 0.451. The van der Waals surface area contributed by atoms with Gasteiger partial charge >= 0.3 is 0 Å². The summed E-state index contributed by atoms with van der Waals surface area (Å²) in [6, 6.07) is 0.588. The van der Waals surface area contributed by atoms with E-state index in [1.165, 1.54) is 0 Å². The highest BCUT2D eigenvalue weighted by atomic mass is 14.9. The van der Waals surface area contributed by atoms with Crippen LogP contribution in [0.4, 0.5) is 0 Å². The van der Waals surface area contributed by atoms with Crippen molar-refractivity contribution in [1.82, 2.24) is 5.32 Å². The lowest BCUT2D eigenvalue weighted by atomic mass is 10.3. The average molecular weight is 100 g/mol. The van der Waals surface area contributed by atoms with E-state index in [9.17, 15) is 0 Å². The molecule has 0 aromatic carbocycles. The molecule has 0 aromatic heterocycles. The van der Waals surface area contributed by atoms with E-state index in [1.54, 1.807) is 0 Å². The molecular formula is C6H14N+. The summed E-state index contributed by atoms with van der Waals surface area (Å²) in [4.78, 5) is 0. The van der Waals surface area contributed by atoms with Gasteiger partial charge in [-0.15, -0.1) is 0 Å². The summed E-state index contributed by atoms with van der Waals surface area (Å²) in [5.41, 5.74) is 0. The third-order valence-electron chi connectivity index (χ3n) is 0.986. The maximum Gasteiger partial charge on any atom is 0.100 e. The highest BCUT2D eigenvalue weighted by Gasteiger charge is 1.95. The summed E-state index contributed by atoms with van der Waals surface area (Å²) < 4.78 is 0. The quantitative estimate of drug-likeness (QED) is 0.526. The molecule has 0 rings (SSSR count). The van der Waals surface area contributed by atoms with E-state index in [1.807, 2.05) is 0 Å². The molecule has 0 saturated carbocycles. The Kier molecular flexibility index (Phi) is 3.90. The molecule has 0 spiro atoms. The van der Waals surface area contributed by atoms with Crippen molar-refractivity contribution < 1.29 is 0 Å². The summed E-state index contributed by atoms with van der Waals surface area (Å²) in [5.74, 6) is 0. The zero-order chi connectivity index (χ0) is 5.70. The molecule has 0 fully saturated rings. The van der Waals surface area contributed by atoms with E-state index in [0.29, 0.717) is 6.04 Å². The van der Waals surface area contributed by atoms with Crippen LogP contribution in [0.15, 0.2) is 0 Å². The summed E-state index contributed by atoms with van der Waals surface area (Å²) in [6.07, 6.45) is 0.980. The summed E-state index contributed by atoms with van der Waals surface area (Å²) in [7, 11) is 0. The van der Waals surface area contributed by atoms with Crippen molar-refractivity contribution in [2.75, 3.05) is 6.54 Å². The smallest absolute Gasteiger partial charge is 0.100 e. The van der Waals surface area contributed by atoms with E-state index < -0.39 is 0 Å². The van der Waals surface area contributed by atoms with Gasteiger partial charge in [0.25, 0.3) is 0 Å². The molecule has 1 unspecified atom stereocenters. The van der Waals surface area contributed by atoms with Crippen molar-refractivity contribution in [2.24, 2.45) is 0 Å². The standard InChI is InChI=1S/C6H14N/c1-4-6(3)7-5-2/h6-7H,1,4-5H2,2-3H3/q+1. The van der Waals surface area contributed by atoms with Crippen molar-refractivity contribution in [2.45, 2.75) is 26.3 Å². The Morgan fingerprint density at radius 3 is 2.43 bits per heavy atom. The van der Waals surface area contributed by atoms with Crippen LogP contribution >= 0.6 is 0 Å². The first-order valence-corrected chi connectivity index (χ1v) is 2.83. The summed E-state index contributed by atoms with van der Waals surface area (Å²) in [6.45, 7) is 9.03. The molecule has 42 valence electrons. The molecule has 1 atom stereocenters. The minimum atomic E-state index is 0.588. The normalized spacial score (nSPS) is 14.0. The second-order valence-electron chi connectivity index (χ2n) is 1.75. The number of rotatable bonds is 3. The summed E-state index contributed by atoms with van der Waals surface area (Å²) in [5, 5.41) is 3.23. The maximum atomic E-state index is 3.74. The lowest BCUT2D eigenvalue weighted by Crippen LogP contribution is -2.24. The fraction of sp³-hybridized carbons (Fsp3) is 0.833. The van der Waals surface area contributed by atoms with Crippen LogP contribution in [-0.2, 0) is 0 Å². The van der Waals surface area contributed by atoms with Crippen LogP contribution in [0, 0.1) is 6.92 Å². The molecule has 0 radical (unpaired) electrons. The van der Waals surface area contributed by atoms with Crippen LogP contribution < -0.4 is 5.32 Å². The van der Waals surface area contributed by atoms with Gasteiger partial charge in [-0.05, 0) is 13.5 Å². The predicted octanol–water partition coefficient (Wildman–Crippen LogP) is 1.21. The molecule has 1 heteroatoms. The number of hydrogen-bond donors (Lipinski definition) is 1.